The van der Waals surface area contributed by atoms with Crippen molar-refractivity contribution in [2.75, 3.05) is 7.05 Å². The highest BCUT2D eigenvalue weighted by Gasteiger charge is 2.29. The third kappa shape index (κ3) is 3.94. The van der Waals surface area contributed by atoms with E-state index in [-0.39, 0.29) is 6.17 Å². The van der Waals surface area contributed by atoms with E-state index in [0.717, 1.165) is 39.6 Å². The molecule has 0 N–H and O–H groups in total. The Morgan fingerprint density at radius 1 is 0.489 bits per heavy atom. The lowest BCUT2D eigenvalue weighted by molar-refractivity contribution is 0.372. The fourth-order valence-corrected chi connectivity index (χ4v) is 6.87. The van der Waals surface area contributed by atoms with Crippen molar-refractivity contribution in [3.8, 4) is 5.69 Å². The maximum atomic E-state index is 5.30. The summed E-state index contributed by atoms with van der Waals surface area (Å²) in [5.74, 6) is 1.57. The van der Waals surface area contributed by atoms with Crippen molar-refractivity contribution in [2.24, 2.45) is 9.98 Å². The molecule has 1 unspecified atom stereocenters. The molecule has 0 spiro atoms. The van der Waals surface area contributed by atoms with Gasteiger partial charge in [-0.05, 0) is 42.0 Å². The molecule has 0 fully saturated rings. The highest BCUT2D eigenvalue weighted by atomic mass is 15.4. The summed E-state index contributed by atoms with van der Waals surface area (Å²) in [6.45, 7) is 0. The van der Waals surface area contributed by atoms with Gasteiger partial charge in [0.1, 0.15) is 0 Å². The molecule has 0 amide bonds. The Balaban J connectivity index is 1.36. The zero-order chi connectivity index (χ0) is 29.9. The minimum absolute atomic E-state index is 0.228. The van der Waals surface area contributed by atoms with Gasteiger partial charge in [0.2, 0.25) is 5.96 Å². The molecular formula is C40H29N5. The van der Waals surface area contributed by atoms with E-state index in [1.54, 1.807) is 0 Å². The summed E-state index contributed by atoms with van der Waals surface area (Å²) in [5.41, 5.74) is 7.88. The maximum absolute atomic E-state index is 5.30. The van der Waals surface area contributed by atoms with Crippen molar-refractivity contribution >= 4 is 55.4 Å². The van der Waals surface area contributed by atoms with Gasteiger partial charge in [0.15, 0.2) is 12.0 Å². The first-order chi connectivity index (χ1) is 22.3. The number of nitrogens with zero attached hydrogens (tertiary/aromatic N) is 5. The topological polar surface area (TPSA) is 37.8 Å². The number of amidine groups is 1. The van der Waals surface area contributed by atoms with Crippen molar-refractivity contribution in [2.45, 2.75) is 6.17 Å². The molecule has 0 radical (unpaired) electrons. The van der Waals surface area contributed by atoms with Crippen LogP contribution in [0, 0.1) is 0 Å². The van der Waals surface area contributed by atoms with Crippen LogP contribution in [0.2, 0.25) is 0 Å². The smallest absolute Gasteiger partial charge is 0.214 e. The number of aromatic nitrogens is 2. The van der Waals surface area contributed by atoms with Gasteiger partial charge in [-0.2, -0.15) is 4.99 Å². The van der Waals surface area contributed by atoms with Gasteiger partial charge in [-0.15, -0.1) is 0 Å². The van der Waals surface area contributed by atoms with Gasteiger partial charge in [0.25, 0.3) is 0 Å². The normalized spacial score (nSPS) is 15.2. The van der Waals surface area contributed by atoms with Gasteiger partial charge in [0, 0.05) is 39.8 Å². The average molecular weight is 580 g/mol. The van der Waals surface area contributed by atoms with E-state index in [4.69, 9.17) is 9.98 Å². The zero-order valence-corrected chi connectivity index (χ0v) is 24.7. The van der Waals surface area contributed by atoms with Crippen LogP contribution in [-0.2, 0) is 0 Å². The van der Waals surface area contributed by atoms with Crippen molar-refractivity contribution in [1.82, 2.24) is 14.0 Å². The van der Waals surface area contributed by atoms with Gasteiger partial charge in [-0.1, -0.05) is 115 Å². The molecule has 214 valence electrons. The number of para-hydroxylation sites is 3. The maximum Gasteiger partial charge on any atom is 0.214 e. The molecule has 3 heterocycles. The first-order valence-electron chi connectivity index (χ1n) is 15.3. The number of fused-ring (bicyclic) bond motifs is 6. The number of rotatable bonds is 3. The number of hydrogen-bond donors (Lipinski definition) is 0. The molecule has 1 aliphatic rings. The van der Waals surface area contributed by atoms with Crippen LogP contribution in [0.1, 0.15) is 17.3 Å². The third-order valence-electron chi connectivity index (χ3n) is 8.94. The molecule has 0 bridgehead atoms. The third-order valence-corrected chi connectivity index (χ3v) is 8.94. The Morgan fingerprint density at radius 3 is 1.64 bits per heavy atom. The second-order valence-electron chi connectivity index (χ2n) is 11.6. The molecule has 5 heteroatoms. The van der Waals surface area contributed by atoms with E-state index in [0.29, 0.717) is 0 Å². The Labute approximate surface area is 260 Å². The molecule has 2 aromatic heterocycles. The summed E-state index contributed by atoms with van der Waals surface area (Å²) in [6, 6.07) is 53.5. The van der Waals surface area contributed by atoms with Crippen molar-refractivity contribution in [3.63, 3.8) is 0 Å². The molecular weight excluding hydrogens is 550 g/mol. The van der Waals surface area contributed by atoms with Gasteiger partial charge in [-0.3, -0.25) is 4.57 Å². The zero-order valence-electron chi connectivity index (χ0n) is 24.7. The number of hydrogen-bond acceptors (Lipinski definition) is 3. The van der Waals surface area contributed by atoms with Crippen LogP contribution in [0.5, 0.6) is 0 Å². The summed E-state index contributed by atoms with van der Waals surface area (Å²) < 4.78 is 4.71. The Hall–Kier alpha value is -5.94. The quantitative estimate of drug-likeness (QED) is 0.206. The molecule has 5 nitrogen and oxygen atoms in total. The molecule has 6 aromatic carbocycles. The Bertz CT molecular complexity index is 2430. The summed E-state index contributed by atoms with van der Waals surface area (Å²) in [6.07, 6.45) is -0.228. The average Bonchev–Trinajstić information content (AvgIpc) is 3.60. The second kappa shape index (κ2) is 10.1. The SMILES string of the molecule is CN1C(n2c3ccccc3c3cc4c(cc32)c2ccccc2n4-c2ccccc2)=NC(c2ccccc2)=NC1c1ccccc1. The molecule has 1 aliphatic heterocycles. The first-order valence-corrected chi connectivity index (χ1v) is 15.3. The monoisotopic (exact) mass is 579 g/mol. The predicted molar refractivity (Wildman–Crippen MR) is 187 cm³/mol. The lowest BCUT2D eigenvalue weighted by Gasteiger charge is -2.33. The molecule has 0 aliphatic carbocycles. The summed E-state index contributed by atoms with van der Waals surface area (Å²) >= 11 is 0. The van der Waals surface area contributed by atoms with Crippen LogP contribution in [0.4, 0.5) is 0 Å². The fourth-order valence-electron chi connectivity index (χ4n) is 6.87. The van der Waals surface area contributed by atoms with E-state index >= 15 is 0 Å². The number of benzene rings is 6. The van der Waals surface area contributed by atoms with E-state index < -0.39 is 0 Å². The molecule has 45 heavy (non-hydrogen) atoms. The van der Waals surface area contributed by atoms with E-state index in [1.165, 1.54) is 32.6 Å². The van der Waals surface area contributed by atoms with Crippen LogP contribution in [0.25, 0.3) is 49.3 Å². The molecule has 8 aromatic rings. The molecule has 9 rings (SSSR count). The van der Waals surface area contributed by atoms with E-state index in [1.807, 2.05) is 24.3 Å². The van der Waals surface area contributed by atoms with E-state index in [2.05, 4.69) is 148 Å². The Kier molecular flexibility index (Phi) is 5.72. The highest BCUT2D eigenvalue weighted by Crippen LogP contribution is 2.39. The fraction of sp³-hybridized carbons (Fsp3) is 0.0500. The van der Waals surface area contributed by atoms with Crippen molar-refractivity contribution in [1.29, 1.82) is 0 Å². The standard InChI is InChI=1S/C40H29N5/c1-43-39(28-17-7-3-8-18-28)41-38(27-15-5-2-6-16-27)42-40(43)45-35-24-14-12-22-31(35)33-25-36-32(26-37(33)45)30-21-11-13-23-34(30)44(36)29-19-9-4-10-20-29/h2-26,39H,1H3. The minimum Gasteiger partial charge on any atom is -0.319 e. The predicted octanol–water partition coefficient (Wildman–Crippen LogP) is 9.19. The molecule has 0 saturated carbocycles. The summed E-state index contributed by atoms with van der Waals surface area (Å²) in [7, 11) is 2.10. The lowest BCUT2D eigenvalue weighted by Crippen LogP contribution is -2.39. The first kappa shape index (κ1) is 25.5. The second-order valence-corrected chi connectivity index (χ2v) is 11.6. The summed E-state index contributed by atoms with van der Waals surface area (Å²) in [5, 5.41) is 4.81. The van der Waals surface area contributed by atoms with Crippen LogP contribution in [0.3, 0.4) is 0 Å². The highest BCUT2D eigenvalue weighted by molar-refractivity contribution is 6.22. The van der Waals surface area contributed by atoms with Crippen LogP contribution in [-0.4, -0.2) is 32.9 Å². The minimum atomic E-state index is -0.228. The largest absolute Gasteiger partial charge is 0.319 e. The van der Waals surface area contributed by atoms with Gasteiger partial charge >= 0.3 is 0 Å². The van der Waals surface area contributed by atoms with Crippen molar-refractivity contribution in [3.05, 3.63) is 163 Å². The number of aliphatic imine (C=N–C) groups is 2. The Morgan fingerprint density at radius 2 is 1.00 bits per heavy atom. The van der Waals surface area contributed by atoms with Crippen LogP contribution >= 0.6 is 0 Å². The molecule has 1 atom stereocenters. The van der Waals surface area contributed by atoms with Crippen molar-refractivity contribution < 1.29 is 0 Å². The van der Waals surface area contributed by atoms with Crippen LogP contribution < -0.4 is 0 Å². The summed E-state index contributed by atoms with van der Waals surface area (Å²) in [4.78, 5) is 12.7. The molecule has 0 saturated heterocycles. The van der Waals surface area contributed by atoms with Gasteiger partial charge in [-0.25, -0.2) is 4.99 Å². The van der Waals surface area contributed by atoms with E-state index in [9.17, 15) is 0 Å². The lowest BCUT2D eigenvalue weighted by atomic mass is 10.1. The van der Waals surface area contributed by atoms with Gasteiger partial charge in [0.05, 0.1) is 22.1 Å². The van der Waals surface area contributed by atoms with Gasteiger partial charge < -0.3 is 9.47 Å². The van der Waals surface area contributed by atoms with Crippen LogP contribution in [0.15, 0.2) is 162 Å².